The molecule has 0 saturated heterocycles. The summed E-state index contributed by atoms with van der Waals surface area (Å²) in [5.41, 5.74) is 0. The fourth-order valence-electron chi connectivity index (χ4n) is 3.10. The molecule has 0 N–H and O–H groups in total. The van der Waals surface area contributed by atoms with Crippen molar-refractivity contribution >= 4 is 18.6 Å². The van der Waals surface area contributed by atoms with E-state index < -0.39 is 8.24 Å². The maximum Gasteiger partial charge on any atom is 0.121 e. The molecule has 0 bridgehead atoms. The van der Waals surface area contributed by atoms with E-state index in [9.17, 15) is 0 Å². The first-order valence-corrected chi connectivity index (χ1v) is 12.3. The van der Waals surface area contributed by atoms with Gasteiger partial charge in [0.2, 0.25) is 0 Å². The largest absolute Gasteiger partial charge is 0.353 e. The smallest absolute Gasteiger partial charge is 0.121 e. The lowest BCUT2D eigenvalue weighted by atomic mass is 10.3. The molecule has 0 spiro atoms. The molecule has 0 aromatic rings. The highest BCUT2D eigenvalue weighted by molar-refractivity contribution is 6.80. The molecule has 0 heterocycles. The van der Waals surface area contributed by atoms with Gasteiger partial charge in [-0.3, -0.25) is 0 Å². The van der Waals surface area contributed by atoms with Gasteiger partial charge in [-0.25, -0.2) is 0 Å². The van der Waals surface area contributed by atoms with E-state index in [0.717, 1.165) is 0 Å². The second-order valence-corrected chi connectivity index (χ2v) is 13.0. The van der Waals surface area contributed by atoms with Crippen molar-refractivity contribution in [3.05, 3.63) is 0 Å². The Morgan fingerprint density at radius 3 is 1.37 bits per heavy atom. The molecule has 0 aromatic carbocycles. The molecule has 0 aliphatic heterocycles. The van der Waals surface area contributed by atoms with Gasteiger partial charge in [0.25, 0.3) is 0 Å². The van der Waals surface area contributed by atoms with Gasteiger partial charge in [-0.2, -0.15) is 0 Å². The van der Waals surface area contributed by atoms with E-state index >= 15 is 0 Å². The third-order valence-electron chi connectivity index (χ3n) is 4.64. The Morgan fingerprint density at radius 1 is 0.684 bits per heavy atom. The van der Waals surface area contributed by atoms with Gasteiger partial charge in [0.15, 0.2) is 0 Å². The Hall–Kier alpha value is 0.394. The van der Waals surface area contributed by atoms with Crippen LogP contribution in [0.2, 0.25) is 18.1 Å². The van der Waals surface area contributed by atoms with Gasteiger partial charge >= 0.3 is 0 Å². The Bertz CT molecular complexity index is 175. The minimum Gasteiger partial charge on any atom is -0.353 e. The normalized spacial score (nSPS) is 12.5. The maximum atomic E-state index is 3.00. The zero-order valence-corrected chi connectivity index (χ0v) is 17.4. The molecule has 0 saturated carbocycles. The van der Waals surface area contributed by atoms with Crippen LogP contribution in [0.3, 0.4) is 0 Å². The Labute approximate surface area is 127 Å². The molecule has 0 aliphatic carbocycles. The van der Waals surface area contributed by atoms with E-state index in [-0.39, 0.29) is 0 Å². The van der Waals surface area contributed by atoms with Crippen molar-refractivity contribution in [2.24, 2.45) is 0 Å². The minimum atomic E-state index is -1.10. The second kappa shape index (κ2) is 12.2. The van der Waals surface area contributed by atoms with E-state index in [0.29, 0.717) is 0 Å². The van der Waals surface area contributed by atoms with Crippen LogP contribution in [0.15, 0.2) is 0 Å². The Balaban J connectivity index is 4.73. The van der Waals surface area contributed by atoms with Crippen molar-refractivity contribution in [3.63, 3.8) is 0 Å². The van der Waals surface area contributed by atoms with E-state index in [1.807, 2.05) is 0 Å². The lowest BCUT2D eigenvalue weighted by molar-refractivity contribution is 0.571. The first-order chi connectivity index (χ1) is 9.16. The highest BCUT2D eigenvalue weighted by Gasteiger charge is 2.34. The number of unbranched alkanes of at least 4 members (excludes halogenated alkanes) is 4. The van der Waals surface area contributed by atoms with Crippen LogP contribution in [0.25, 0.3) is 0 Å². The molecule has 1 nitrogen and oxygen atoms in total. The Morgan fingerprint density at radius 2 is 1.05 bits per heavy atom. The fraction of sp³-hybridized carbons (Fsp3) is 1.00. The van der Waals surface area contributed by atoms with Crippen LogP contribution in [0, 0.1) is 0 Å². The predicted molar refractivity (Wildman–Crippen MR) is 96.5 cm³/mol. The zero-order valence-electron chi connectivity index (χ0n) is 14.4. The standard InChI is InChI=1S/C16H39NSi2/c1-5-9-13-17(18)19(14-10-6-2,15-11-7-3)16-12-8-4/h5-16H2,1-4,18H3. The highest BCUT2D eigenvalue weighted by Crippen LogP contribution is 2.30. The third kappa shape index (κ3) is 7.67. The zero-order chi connectivity index (χ0) is 14.6. The molecule has 0 rings (SSSR count). The third-order valence-corrected chi connectivity index (χ3v) is 13.6. The van der Waals surface area contributed by atoms with Crippen molar-refractivity contribution in [3.8, 4) is 0 Å². The quantitative estimate of drug-likeness (QED) is 0.445. The fourth-order valence-corrected chi connectivity index (χ4v) is 11.0. The van der Waals surface area contributed by atoms with Crippen LogP contribution < -0.4 is 0 Å². The molecule has 19 heavy (non-hydrogen) atoms. The van der Waals surface area contributed by atoms with Crippen molar-refractivity contribution in [1.29, 1.82) is 0 Å². The summed E-state index contributed by atoms with van der Waals surface area (Å²) in [5, 5.41) is 0. The summed E-state index contributed by atoms with van der Waals surface area (Å²) in [6.45, 7) is 10.8. The van der Waals surface area contributed by atoms with E-state index in [1.165, 1.54) is 68.3 Å². The molecule has 0 aromatic heterocycles. The van der Waals surface area contributed by atoms with Gasteiger partial charge in [0, 0.05) is 0 Å². The molecular weight excluding hydrogens is 262 g/mol. The van der Waals surface area contributed by atoms with E-state index in [2.05, 4.69) is 31.9 Å². The SMILES string of the molecule is CCCCN([SiH3])[Si](CCCC)(CCCC)CCCC. The van der Waals surface area contributed by atoms with E-state index in [1.54, 1.807) is 18.1 Å². The van der Waals surface area contributed by atoms with Crippen LogP contribution in [0.5, 0.6) is 0 Å². The van der Waals surface area contributed by atoms with Crippen LogP contribution in [0.4, 0.5) is 0 Å². The number of rotatable bonds is 13. The lowest BCUT2D eigenvalue weighted by Gasteiger charge is -2.41. The van der Waals surface area contributed by atoms with Crippen molar-refractivity contribution in [1.82, 2.24) is 4.23 Å². The lowest BCUT2D eigenvalue weighted by Crippen LogP contribution is -2.52. The first-order valence-electron chi connectivity index (χ1n) is 8.88. The Kier molecular flexibility index (Phi) is 12.4. The second-order valence-electron chi connectivity index (χ2n) is 6.31. The van der Waals surface area contributed by atoms with Crippen molar-refractivity contribution < 1.29 is 0 Å². The van der Waals surface area contributed by atoms with Crippen LogP contribution in [-0.4, -0.2) is 29.4 Å². The summed E-state index contributed by atoms with van der Waals surface area (Å²) in [5.74, 6) is 0. The van der Waals surface area contributed by atoms with Gasteiger partial charge in [-0.15, -0.1) is 0 Å². The molecule has 116 valence electrons. The van der Waals surface area contributed by atoms with Crippen molar-refractivity contribution in [2.75, 3.05) is 6.54 Å². The summed E-state index contributed by atoms with van der Waals surface area (Å²) >= 11 is 0. The van der Waals surface area contributed by atoms with Crippen molar-refractivity contribution in [2.45, 2.75) is 97.2 Å². The van der Waals surface area contributed by atoms with E-state index in [4.69, 9.17) is 0 Å². The van der Waals surface area contributed by atoms with Gasteiger partial charge in [0.1, 0.15) is 8.24 Å². The summed E-state index contributed by atoms with van der Waals surface area (Å²) in [6, 6.07) is 4.74. The molecule has 0 amide bonds. The van der Waals surface area contributed by atoms with Gasteiger partial charge < -0.3 is 4.23 Å². The summed E-state index contributed by atoms with van der Waals surface area (Å²) < 4.78 is 3.00. The molecule has 0 unspecified atom stereocenters. The molecule has 0 atom stereocenters. The summed E-state index contributed by atoms with van der Waals surface area (Å²) in [6.07, 6.45) is 11.4. The topological polar surface area (TPSA) is 3.24 Å². The van der Waals surface area contributed by atoms with Gasteiger partial charge in [-0.05, 0) is 31.1 Å². The van der Waals surface area contributed by atoms with Gasteiger partial charge in [0.05, 0.1) is 10.4 Å². The molecule has 0 aliphatic rings. The average molecular weight is 302 g/mol. The highest BCUT2D eigenvalue weighted by atomic mass is 28.4. The number of hydrogen-bond acceptors (Lipinski definition) is 1. The molecule has 0 fully saturated rings. The number of nitrogens with zero attached hydrogens (tertiary/aromatic N) is 1. The maximum absolute atomic E-state index is 3.00. The average Bonchev–Trinajstić information content (AvgIpc) is 2.44. The van der Waals surface area contributed by atoms with Gasteiger partial charge in [-0.1, -0.05) is 72.6 Å². The van der Waals surface area contributed by atoms with Crippen LogP contribution >= 0.6 is 0 Å². The summed E-state index contributed by atoms with van der Waals surface area (Å²) in [4.78, 5) is 0. The monoisotopic (exact) mass is 301 g/mol. The summed E-state index contributed by atoms with van der Waals surface area (Å²) in [7, 11) is 0.202. The predicted octanol–water partition coefficient (Wildman–Crippen LogP) is 4.71. The number of hydrogen-bond donors (Lipinski definition) is 0. The molecular formula is C16H39NSi2. The molecule has 0 radical (unpaired) electrons. The van der Waals surface area contributed by atoms with Crippen LogP contribution in [0.1, 0.15) is 79.1 Å². The minimum absolute atomic E-state index is 1.10. The first kappa shape index (κ1) is 19.4. The van der Waals surface area contributed by atoms with Crippen LogP contribution in [-0.2, 0) is 0 Å². The molecule has 3 heteroatoms.